The second kappa shape index (κ2) is 7.46. The zero-order valence-corrected chi connectivity index (χ0v) is 16.6. The third kappa shape index (κ3) is 3.37. The van der Waals surface area contributed by atoms with E-state index < -0.39 is 16.8 Å². The number of methoxy groups -OCH3 is 1. The second-order valence-electron chi connectivity index (χ2n) is 7.37. The number of nitrogens with zero attached hydrogens (tertiary/aromatic N) is 3. The Bertz CT molecular complexity index is 975. The van der Waals surface area contributed by atoms with Gasteiger partial charge in [0.15, 0.2) is 0 Å². The summed E-state index contributed by atoms with van der Waals surface area (Å²) in [5.74, 6) is 0.188. The molecule has 1 aliphatic heterocycles. The molecular formula is C20H24N4O4. The van der Waals surface area contributed by atoms with Crippen LogP contribution in [-0.2, 0) is 23.0 Å². The first kappa shape index (κ1) is 19.6. The molecule has 8 nitrogen and oxygen atoms in total. The molecule has 1 aromatic heterocycles. The van der Waals surface area contributed by atoms with Crippen molar-refractivity contribution in [1.82, 2.24) is 9.78 Å². The summed E-state index contributed by atoms with van der Waals surface area (Å²) in [5, 5.41) is 19.2. The summed E-state index contributed by atoms with van der Waals surface area (Å²) in [6.07, 6.45) is 0.726. The number of aryl methyl sites for hydroxylation is 1. The van der Waals surface area contributed by atoms with Crippen molar-refractivity contribution >= 4 is 17.5 Å². The number of hydrogen-bond acceptors (Lipinski definition) is 6. The Morgan fingerprint density at radius 2 is 2.14 bits per heavy atom. The first-order valence-electron chi connectivity index (χ1n) is 9.10. The first-order valence-corrected chi connectivity index (χ1v) is 9.10. The minimum Gasteiger partial charge on any atom is -0.466 e. The lowest BCUT2D eigenvalue weighted by Crippen LogP contribution is -2.25. The number of nitro benzene ring substituents is 1. The third-order valence-electron chi connectivity index (χ3n) is 4.87. The predicted molar refractivity (Wildman–Crippen MR) is 105 cm³/mol. The molecule has 1 unspecified atom stereocenters. The largest absolute Gasteiger partial charge is 0.466 e. The van der Waals surface area contributed by atoms with E-state index in [0.717, 1.165) is 23.5 Å². The van der Waals surface area contributed by atoms with Crippen LogP contribution in [0.2, 0.25) is 0 Å². The molecule has 1 aliphatic rings. The van der Waals surface area contributed by atoms with E-state index in [1.807, 2.05) is 7.05 Å². The van der Waals surface area contributed by atoms with Gasteiger partial charge in [-0.1, -0.05) is 26.0 Å². The van der Waals surface area contributed by atoms with Crippen LogP contribution in [0.25, 0.3) is 0 Å². The summed E-state index contributed by atoms with van der Waals surface area (Å²) in [7, 11) is 3.18. The topological polar surface area (TPSA) is 99.3 Å². The second-order valence-corrected chi connectivity index (χ2v) is 7.37. The molecule has 1 aromatic carbocycles. The summed E-state index contributed by atoms with van der Waals surface area (Å²) in [4.78, 5) is 23.5. The number of esters is 1. The normalized spacial score (nSPS) is 16.0. The van der Waals surface area contributed by atoms with Crippen LogP contribution >= 0.6 is 0 Å². The number of rotatable bonds is 5. The SMILES string of the molecule is COC(=O)C1=C(C)Nc2c(c(CC(C)C)nn2C)C1c1cccc([N+](=O)[O-])c1. The number of nitro groups is 1. The van der Waals surface area contributed by atoms with E-state index in [-0.39, 0.29) is 5.69 Å². The molecule has 8 heteroatoms. The van der Waals surface area contributed by atoms with Crippen molar-refractivity contribution in [2.24, 2.45) is 13.0 Å². The molecule has 0 aliphatic carbocycles. The van der Waals surface area contributed by atoms with E-state index in [0.29, 0.717) is 22.8 Å². The fraction of sp³-hybridized carbons (Fsp3) is 0.400. The fourth-order valence-electron chi connectivity index (χ4n) is 3.72. The number of hydrogen-bond donors (Lipinski definition) is 1. The molecule has 28 heavy (non-hydrogen) atoms. The van der Waals surface area contributed by atoms with Gasteiger partial charge in [-0.2, -0.15) is 5.10 Å². The van der Waals surface area contributed by atoms with Crippen LogP contribution in [0.15, 0.2) is 35.5 Å². The lowest BCUT2D eigenvalue weighted by atomic mass is 9.80. The lowest BCUT2D eigenvalue weighted by Gasteiger charge is -2.28. The van der Waals surface area contributed by atoms with Crippen molar-refractivity contribution in [3.8, 4) is 0 Å². The summed E-state index contributed by atoms with van der Waals surface area (Å²) < 4.78 is 6.79. The highest BCUT2D eigenvalue weighted by Gasteiger charge is 2.37. The van der Waals surface area contributed by atoms with Crippen molar-refractivity contribution in [2.45, 2.75) is 33.1 Å². The van der Waals surface area contributed by atoms with Gasteiger partial charge in [-0.05, 0) is 24.8 Å². The molecule has 0 amide bonds. The molecule has 2 heterocycles. The average molecular weight is 384 g/mol. The monoisotopic (exact) mass is 384 g/mol. The van der Waals surface area contributed by atoms with Crippen LogP contribution in [0.1, 0.15) is 43.5 Å². The Balaban J connectivity index is 2.28. The number of allylic oxidation sites excluding steroid dienone is 1. The molecule has 0 fully saturated rings. The van der Waals surface area contributed by atoms with Crippen LogP contribution in [0.5, 0.6) is 0 Å². The van der Waals surface area contributed by atoms with Gasteiger partial charge in [0.1, 0.15) is 5.82 Å². The summed E-state index contributed by atoms with van der Waals surface area (Å²) >= 11 is 0. The first-order chi connectivity index (χ1) is 13.2. The number of carbonyl (C=O) groups excluding carboxylic acids is 1. The molecule has 0 radical (unpaired) electrons. The maximum Gasteiger partial charge on any atom is 0.336 e. The van der Waals surface area contributed by atoms with Gasteiger partial charge in [-0.25, -0.2) is 4.79 Å². The number of nitrogens with one attached hydrogen (secondary N) is 1. The minimum absolute atomic E-state index is 0.0197. The van der Waals surface area contributed by atoms with Crippen LogP contribution in [0, 0.1) is 16.0 Å². The van der Waals surface area contributed by atoms with Crippen LogP contribution in [0.3, 0.4) is 0 Å². The van der Waals surface area contributed by atoms with Gasteiger partial charge in [0, 0.05) is 36.4 Å². The van der Waals surface area contributed by atoms with Gasteiger partial charge in [-0.3, -0.25) is 14.8 Å². The van der Waals surface area contributed by atoms with Crippen molar-refractivity contribution in [1.29, 1.82) is 0 Å². The summed E-state index contributed by atoms with van der Waals surface area (Å²) in [6.45, 7) is 6.00. The Labute approximate surface area is 163 Å². The third-order valence-corrected chi connectivity index (χ3v) is 4.87. The number of aromatic nitrogens is 2. The quantitative estimate of drug-likeness (QED) is 0.481. The van der Waals surface area contributed by atoms with Gasteiger partial charge < -0.3 is 10.1 Å². The molecule has 1 N–H and O–H groups in total. The van der Waals surface area contributed by atoms with Gasteiger partial charge in [-0.15, -0.1) is 0 Å². The zero-order chi connectivity index (χ0) is 20.6. The number of anilines is 1. The van der Waals surface area contributed by atoms with Crippen LogP contribution in [-0.4, -0.2) is 27.8 Å². The number of ether oxygens (including phenoxy) is 1. The van der Waals surface area contributed by atoms with Gasteiger partial charge in [0.2, 0.25) is 0 Å². The van der Waals surface area contributed by atoms with Crippen LogP contribution in [0.4, 0.5) is 11.5 Å². The van der Waals surface area contributed by atoms with E-state index in [9.17, 15) is 14.9 Å². The van der Waals surface area contributed by atoms with E-state index in [2.05, 4.69) is 24.3 Å². The molecule has 0 saturated heterocycles. The highest BCUT2D eigenvalue weighted by atomic mass is 16.6. The average Bonchev–Trinajstić information content (AvgIpc) is 2.94. The molecule has 0 spiro atoms. The van der Waals surface area contributed by atoms with E-state index >= 15 is 0 Å². The van der Waals surface area contributed by atoms with Gasteiger partial charge in [0.25, 0.3) is 5.69 Å². The van der Waals surface area contributed by atoms with Crippen LogP contribution < -0.4 is 5.32 Å². The Hall–Kier alpha value is -3.16. The molecule has 3 rings (SSSR count). The Morgan fingerprint density at radius 1 is 1.43 bits per heavy atom. The maximum absolute atomic E-state index is 12.6. The molecule has 148 valence electrons. The van der Waals surface area contributed by atoms with E-state index in [1.165, 1.54) is 19.2 Å². The maximum atomic E-state index is 12.6. The molecule has 0 bridgehead atoms. The highest BCUT2D eigenvalue weighted by molar-refractivity contribution is 5.94. The zero-order valence-electron chi connectivity index (χ0n) is 16.6. The molecule has 2 aromatic rings. The smallest absolute Gasteiger partial charge is 0.336 e. The van der Waals surface area contributed by atoms with Crippen molar-refractivity contribution < 1.29 is 14.5 Å². The highest BCUT2D eigenvalue weighted by Crippen LogP contribution is 2.44. The summed E-state index contributed by atoms with van der Waals surface area (Å²) in [6, 6.07) is 6.40. The summed E-state index contributed by atoms with van der Waals surface area (Å²) in [5.41, 5.74) is 3.46. The number of carbonyl (C=O) groups is 1. The van der Waals surface area contributed by atoms with E-state index in [1.54, 1.807) is 23.7 Å². The molecule has 1 atom stereocenters. The Morgan fingerprint density at radius 3 is 2.75 bits per heavy atom. The molecule has 0 saturated carbocycles. The Kier molecular flexibility index (Phi) is 5.22. The minimum atomic E-state index is -0.494. The van der Waals surface area contributed by atoms with Gasteiger partial charge in [0.05, 0.1) is 23.3 Å². The van der Waals surface area contributed by atoms with Crippen molar-refractivity contribution in [3.63, 3.8) is 0 Å². The van der Waals surface area contributed by atoms with Crippen molar-refractivity contribution in [2.75, 3.05) is 12.4 Å². The lowest BCUT2D eigenvalue weighted by molar-refractivity contribution is -0.384. The number of benzene rings is 1. The van der Waals surface area contributed by atoms with Crippen molar-refractivity contribution in [3.05, 3.63) is 62.5 Å². The van der Waals surface area contributed by atoms with Gasteiger partial charge >= 0.3 is 5.97 Å². The fourth-order valence-corrected chi connectivity index (χ4v) is 3.72. The molecular weight excluding hydrogens is 360 g/mol. The number of fused-ring (bicyclic) bond motifs is 1. The number of non-ortho nitro benzene ring substituents is 1. The standard InChI is InChI=1S/C20H24N4O4/c1-11(2)9-15-18-17(13-7-6-8-14(10-13)24(26)27)16(20(25)28-5)12(3)21-19(18)23(4)22-15/h6-8,10-11,17,21H,9H2,1-5H3. The van der Waals surface area contributed by atoms with E-state index in [4.69, 9.17) is 4.74 Å². The predicted octanol–water partition coefficient (Wildman–Crippen LogP) is 3.53.